The van der Waals surface area contributed by atoms with Crippen LogP contribution in [0.2, 0.25) is 0 Å². The van der Waals surface area contributed by atoms with E-state index in [9.17, 15) is 24.9 Å². The molecule has 0 radical (unpaired) electrons. The van der Waals surface area contributed by atoms with Crippen LogP contribution in [0, 0.1) is 5.92 Å². The van der Waals surface area contributed by atoms with E-state index in [1.165, 1.54) is 17.6 Å². The van der Waals surface area contributed by atoms with Crippen LogP contribution in [-0.4, -0.2) is 68.1 Å². The number of hydrogen-bond donors (Lipinski definition) is 5. The van der Waals surface area contributed by atoms with Crippen LogP contribution in [0.25, 0.3) is 32.9 Å². The monoisotopic (exact) mass is 725 g/mol. The van der Waals surface area contributed by atoms with E-state index in [1.54, 1.807) is 17.0 Å². The summed E-state index contributed by atoms with van der Waals surface area (Å²) in [4.78, 5) is 31.4. The molecule has 5 N–H and O–H groups in total. The number of unbranched alkanes of at least 4 members (excludes halogenated alkanes) is 1. The van der Waals surface area contributed by atoms with Crippen LogP contribution in [0.3, 0.4) is 0 Å². The molecule has 6 aromatic rings. The molecular formula is C44H47N5O5. The van der Waals surface area contributed by atoms with Gasteiger partial charge in [0.05, 0.1) is 23.3 Å². The Bertz CT molecular complexity index is 2330. The number of anilines is 1. The van der Waals surface area contributed by atoms with Gasteiger partial charge in [-0.25, -0.2) is 4.79 Å². The number of hydrogen-bond acceptors (Lipinski definition) is 6. The fourth-order valence-electron chi connectivity index (χ4n) is 8.62. The maximum absolute atomic E-state index is 13.0. The van der Waals surface area contributed by atoms with Gasteiger partial charge in [-0.3, -0.25) is 9.69 Å². The van der Waals surface area contributed by atoms with Crippen molar-refractivity contribution in [3.63, 3.8) is 0 Å². The molecule has 10 nitrogen and oxygen atoms in total. The van der Waals surface area contributed by atoms with Crippen LogP contribution in [0.5, 0.6) is 5.75 Å². The minimum absolute atomic E-state index is 0.0293. The number of phenols is 1. The van der Waals surface area contributed by atoms with E-state index < -0.39 is 12.2 Å². The van der Waals surface area contributed by atoms with Gasteiger partial charge >= 0.3 is 6.09 Å². The number of aromatic nitrogens is 2. The van der Waals surface area contributed by atoms with E-state index in [0.717, 1.165) is 91.6 Å². The minimum atomic E-state index is -0.874. The summed E-state index contributed by atoms with van der Waals surface area (Å²) in [7, 11) is 0. The van der Waals surface area contributed by atoms with E-state index in [-0.39, 0.29) is 17.4 Å². The fourth-order valence-corrected chi connectivity index (χ4v) is 8.62. The molecule has 3 aliphatic heterocycles. The Morgan fingerprint density at radius 2 is 1.74 bits per heavy atom. The van der Waals surface area contributed by atoms with Gasteiger partial charge in [0, 0.05) is 54.9 Å². The third-order valence-corrected chi connectivity index (χ3v) is 11.4. The number of nitrogens with zero attached hydrogens (tertiary/aromatic N) is 3. The van der Waals surface area contributed by atoms with Crippen LogP contribution < -0.4 is 15.8 Å². The van der Waals surface area contributed by atoms with Crippen LogP contribution in [0.4, 0.5) is 10.5 Å². The topological polar surface area (TPSA) is 134 Å². The molecule has 0 unspecified atom stereocenters. The number of carboxylic acid groups (broad SMARTS) is 1. The molecule has 1 amide bonds. The summed E-state index contributed by atoms with van der Waals surface area (Å²) in [6, 6.07) is 31.3. The first-order valence-corrected chi connectivity index (χ1v) is 19.1. The smallest absolute Gasteiger partial charge is 0.412 e. The van der Waals surface area contributed by atoms with Crippen molar-refractivity contribution in [3.8, 4) is 16.9 Å². The largest absolute Gasteiger partial charge is 0.506 e. The zero-order chi connectivity index (χ0) is 37.2. The van der Waals surface area contributed by atoms with Crippen molar-refractivity contribution >= 4 is 33.6 Å². The number of nitrogens with one attached hydrogen (secondary N) is 2. The summed E-state index contributed by atoms with van der Waals surface area (Å²) in [5.74, 6) is 0.362. The van der Waals surface area contributed by atoms with Crippen molar-refractivity contribution in [1.82, 2.24) is 19.8 Å². The Morgan fingerprint density at radius 1 is 0.926 bits per heavy atom. The average molecular weight is 726 g/mol. The van der Waals surface area contributed by atoms with Gasteiger partial charge in [0.1, 0.15) is 5.75 Å². The molecule has 0 aliphatic carbocycles. The molecule has 2 atom stereocenters. The molecule has 54 heavy (non-hydrogen) atoms. The normalized spacial score (nSPS) is 18.6. The van der Waals surface area contributed by atoms with Crippen LogP contribution in [0.15, 0.2) is 108 Å². The first kappa shape index (κ1) is 35.6. The second-order valence-corrected chi connectivity index (χ2v) is 14.9. The minimum Gasteiger partial charge on any atom is -0.506 e. The zero-order valence-corrected chi connectivity index (χ0v) is 30.3. The number of amides is 1. The molecule has 0 saturated carbocycles. The molecule has 2 aromatic heterocycles. The van der Waals surface area contributed by atoms with Crippen molar-refractivity contribution in [2.24, 2.45) is 5.92 Å². The van der Waals surface area contributed by atoms with Crippen molar-refractivity contribution in [2.45, 2.75) is 57.3 Å². The van der Waals surface area contributed by atoms with Gasteiger partial charge in [-0.2, -0.15) is 0 Å². The van der Waals surface area contributed by atoms with Gasteiger partial charge in [-0.1, -0.05) is 54.6 Å². The average Bonchev–Trinajstić information content (AvgIpc) is 3.59. The summed E-state index contributed by atoms with van der Waals surface area (Å²) in [6.07, 6.45) is 5.38. The van der Waals surface area contributed by atoms with E-state index in [0.29, 0.717) is 35.5 Å². The number of rotatable bonds is 13. The lowest BCUT2D eigenvalue weighted by molar-refractivity contribution is 0.0837. The van der Waals surface area contributed by atoms with Crippen molar-refractivity contribution < 1.29 is 20.1 Å². The number of phenolic OH excluding ortho intramolecular Hbond substituents is 1. The van der Waals surface area contributed by atoms with Crippen molar-refractivity contribution in [2.75, 3.05) is 31.1 Å². The molecule has 3 saturated heterocycles. The number of aliphatic hydroxyl groups is 1. The number of piperidine rings is 3. The number of aliphatic hydroxyl groups excluding tert-OH is 1. The number of aromatic amines is 1. The Morgan fingerprint density at radius 3 is 2.52 bits per heavy atom. The number of aromatic hydroxyl groups is 1. The van der Waals surface area contributed by atoms with Gasteiger partial charge in [-0.15, -0.1) is 0 Å². The Hall–Kier alpha value is -5.42. The SMILES string of the molecule is O=C(O)N(c1cc(CCCCn2ccc3cc(CNC[C@@H](O)c4ccc(O)c5[nH]c(=O)ccc45)ccc32)ccc1-c1ccccc1)[C@H]1CN2CCC1CC2. The number of fused-ring (bicyclic) bond motifs is 5. The van der Waals surface area contributed by atoms with Gasteiger partial charge in [0.25, 0.3) is 0 Å². The molecule has 3 aliphatic rings. The zero-order valence-electron chi connectivity index (χ0n) is 30.3. The molecule has 5 heterocycles. The molecule has 10 heteroatoms. The van der Waals surface area contributed by atoms with E-state index in [4.69, 9.17) is 0 Å². The molecule has 9 rings (SSSR count). The molecule has 2 bridgehead atoms. The highest BCUT2D eigenvalue weighted by atomic mass is 16.4. The standard InChI is InChI=1S/C44H47N5O5/c50-40-15-12-35(36-13-16-42(52)46-43(36)40)41(51)27-45-26-30-10-14-37-33(24-30)19-23-48(37)20-5-4-6-29-9-11-34(31-7-2-1-3-8-31)38(25-29)49(44(53)54)39-28-47-21-17-32(39)18-22-47/h1-3,7-16,19,23-25,32,39,41,45,50-51H,4-6,17-18,20-22,26-28H2,(H,46,52)(H,53,54)/t39-,41+/m0/s1. The van der Waals surface area contributed by atoms with Crippen LogP contribution in [0.1, 0.15) is 48.5 Å². The number of aryl methyl sites for hydroxylation is 2. The van der Waals surface area contributed by atoms with Crippen LogP contribution in [-0.2, 0) is 19.5 Å². The fraction of sp³-hybridized carbons (Fsp3) is 0.318. The lowest BCUT2D eigenvalue weighted by atomic mass is 9.82. The van der Waals surface area contributed by atoms with Crippen LogP contribution >= 0.6 is 0 Å². The third-order valence-electron chi connectivity index (χ3n) is 11.4. The van der Waals surface area contributed by atoms with Gasteiger partial charge < -0.3 is 35.1 Å². The predicted octanol–water partition coefficient (Wildman–Crippen LogP) is 7.28. The lowest BCUT2D eigenvalue weighted by Gasteiger charge is -2.48. The Balaban J connectivity index is 0.896. The van der Waals surface area contributed by atoms with Crippen molar-refractivity contribution in [1.29, 1.82) is 0 Å². The van der Waals surface area contributed by atoms with E-state index in [1.807, 2.05) is 18.2 Å². The number of carbonyl (C=O) groups is 1. The van der Waals surface area contributed by atoms with Crippen molar-refractivity contribution in [3.05, 3.63) is 130 Å². The first-order valence-electron chi connectivity index (χ1n) is 19.1. The second-order valence-electron chi connectivity index (χ2n) is 14.9. The molecule has 0 spiro atoms. The summed E-state index contributed by atoms with van der Waals surface area (Å²) in [6.45, 7) is 4.69. The second kappa shape index (κ2) is 15.5. The summed E-state index contributed by atoms with van der Waals surface area (Å²) >= 11 is 0. The summed E-state index contributed by atoms with van der Waals surface area (Å²) in [5, 5.41) is 36.8. The maximum atomic E-state index is 13.0. The molecular weight excluding hydrogens is 679 g/mol. The number of pyridine rings is 1. The molecule has 278 valence electrons. The first-order chi connectivity index (χ1) is 26.3. The van der Waals surface area contributed by atoms with E-state index in [2.05, 4.69) is 80.6 Å². The third kappa shape index (κ3) is 7.37. The van der Waals surface area contributed by atoms with Gasteiger partial charge in [-0.05, 0) is 115 Å². The highest BCUT2D eigenvalue weighted by Crippen LogP contribution is 2.39. The maximum Gasteiger partial charge on any atom is 0.412 e. The van der Waals surface area contributed by atoms with Gasteiger partial charge in [0.2, 0.25) is 5.56 Å². The van der Waals surface area contributed by atoms with Gasteiger partial charge in [0.15, 0.2) is 0 Å². The molecule has 3 fully saturated rings. The highest BCUT2D eigenvalue weighted by Gasteiger charge is 2.40. The lowest BCUT2D eigenvalue weighted by Crippen LogP contribution is -2.59. The predicted molar refractivity (Wildman–Crippen MR) is 213 cm³/mol. The Kier molecular flexibility index (Phi) is 10.2. The van der Waals surface area contributed by atoms with E-state index >= 15 is 0 Å². The Labute approximate surface area is 314 Å². The molecule has 4 aromatic carbocycles. The number of benzene rings is 4. The number of H-pyrrole nitrogens is 1. The summed E-state index contributed by atoms with van der Waals surface area (Å²) in [5.41, 5.74) is 6.88. The highest BCUT2D eigenvalue weighted by molar-refractivity contribution is 5.94. The quantitative estimate of drug-likeness (QED) is 0.0791. The summed E-state index contributed by atoms with van der Waals surface area (Å²) < 4.78 is 2.29.